The van der Waals surface area contributed by atoms with E-state index < -0.39 is 5.97 Å². The molecule has 0 spiro atoms. The molecule has 0 unspecified atom stereocenters. The third kappa shape index (κ3) is 4.35. The Morgan fingerprint density at radius 2 is 1.88 bits per heavy atom. The summed E-state index contributed by atoms with van der Waals surface area (Å²) in [6.07, 6.45) is 8.83. The van der Waals surface area contributed by atoms with Crippen molar-refractivity contribution in [3.05, 3.63) is 78.0 Å². The van der Waals surface area contributed by atoms with E-state index in [4.69, 9.17) is 13.9 Å². The molecule has 0 saturated carbocycles. The summed E-state index contributed by atoms with van der Waals surface area (Å²) in [6, 6.07) is 12.4. The average Bonchev–Trinajstić information content (AvgIpc) is 3.18. The molecule has 0 saturated heterocycles. The Hall–Kier alpha value is -3.34. The lowest BCUT2D eigenvalue weighted by Gasteiger charge is -2.10. The van der Waals surface area contributed by atoms with E-state index in [1.54, 1.807) is 30.6 Å². The summed E-state index contributed by atoms with van der Waals surface area (Å²) in [5.74, 6) is 0.429. The zero-order valence-corrected chi connectivity index (χ0v) is 13.7. The van der Waals surface area contributed by atoms with Gasteiger partial charge in [-0.25, -0.2) is 4.79 Å². The number of pyridine rings is 1. The molecule has 0 aliphatic rings. The minimum Gasteiger partial charge on any atom is -0.490 e. The van der Waals surface area contributed by atoms with Crippen LogP contribution in [0.25, 0.3) is 12.2 Å². The SMILES string of the molecule is CCOc1cc(/C=C/c2ccncc2)ccc1OC(=O)c1ccco1. The van der Waals surface area contributed by atoms with E-state index >= 15 is 0 Å². The van der Waals surface area contributed by atoms with Crippen molar-refractivity contribution < 1.29 is 18.7 Å². The second-order valence-electron chi connectivity index (χ2n) is 5.12. The molecule has 0 N–H and O–H groups in total. The van der Waals surface area contributed by atoms with Gasteiger partial charge in [0.1, 0.15) is 0 Å². The van der Waals surface area contributed by atoms with E-state index in [9.17, 15) is 4.79 Å². The van der Waals surface area contributed by atoms with Crippen LogP contribution in [0.4, 0.5) is 0 Å². The number of rotatable bonds is 6. The maximum Gasteiger partial charge on any atom is 0.379 e. The first-order chi connectivity index (χ1) is 12.3. The molecule has 0 bridgehead atoms. The number of hydrogen-bond acceptors (Lipinski definition) is 5. The fraction of sp³-hybridized carbons (Fsp3) is 0.100. The van der Waals surface area contributed by atoms with Crippen molar-refractivity contribution in [3.8, 4) is 11.5 Å². The van der Waals surface area contributed by atoms with E-state index in [1.165, 1.54) is 6.26 Å². The number of hydrogen-bond donors (Lipinski definition) is 0. The summed E-state index contributed by atoms with van der Waals surface area (Å²) in [5, 5.41) is 0. The fourth-order valence-corrected chi connectivity index (χ4v) is 2.19. The van der Waals surface area contributed by atoms with E-state index in [0.717, 1.165) is 11.1 Å². The van der Waals surface area contributed by atoms with Gasteiger partial charge in [0.15, 0.2) is 11.5 Å². The molecule has 3 aromatic rings. The predicted molar refractivity (Wildman–Crippen MR) is 94.4 cm³/mol. The van der Waals surface area contributed by atoms with Gasteiger partial charge in [-0.3, -0.25) is 4.98 Å². The molecule has 25 heavy (non-hydrogen) atoms. The Morgan fingerprint density at radius 1 is 1.08 bits per heavy atom. The Kier molecular flexibility index (Phi) is 5.26. The average molecular weight is 335 g/mol. The third-order valence-electron chi connectivity index (χ3n) is 3.37. The molecule has 0 radical (unpaired) electrons. The largest absolute Gasteiger partial charge is 0.490 e. The van der Waals surface area contributed by atoms with Crippen LogP contribution in [0.15, 0.2) is 65.5 Å². The van der Waals surface area contributed by atoms with Crippen molar-refractivity contribution in [2.75, 3.05) is 6.61 Å². The van der Waals surface area contributed by atoms with E-state index in [0.29, 0.717) is 18.1 Å². The molecule has 2 aromatic heterocycles. The molecule has 0 amide bonds. The maximum atomic E-state index is 12.0. The van der Waals surface area contributed by atoms with E-state index in [2.05, 4.69) is 4.98 Å². The highest BCUT2D eigenvalue weighted by molar-refractivity contribution is 5.88. The molecule has 0 aliphatic heterocycles. The van der Waals surface area contributed by atoms with Gasteiger partial charge in [-0.15, -0.1) is 0 Å². The van der Waals surface area contributed by atoms with Crippen LogP contribution >= 0.6 is 0 Å². The minimum atomic E-state index is -0.564. The summed E-state index contributed by atoms with van der Waals surface area (Å²) >= 11 is 0. The highest BCUT2D eigenvalue weighted by Gasteiger charge is 2.15. The smallest absolute Gasteiger partial charge is 0.379 e. The highest BCUT2D eigenvalue weighted by Crippen LogP contribution is 2.30. The normalized spacial score (nSPS) is 10.8. The summed E-state index contributed by atoms with van der Waals surface area (Å²) < 4.78 is 16.0. The van der Waals surface area contributed by atoms with Crippen LogP contribution in [0, 0.1) is 0 Å². The lowest BCUT2D eigenvalue weighted by Crippen LogP contribution is -2.08. The van der Waals surface area contributed by atoms with Crippen molar-refractivity contribution in [2.24, 2.45) is 0 Å². The first-order valence-corrected chi connectivity index (χ1v) is 7.87. The van der Waals surface area contributed by atoms with Crippen LogP contribution in [0.3, 0.4) is 0 Å². The summed E-state index contributed by atoms with van der Waals surface area (Å²) in [4.78, 5) is 16.0. The monoisotopic (exact) mass is 335 g/mol. The molecular weight excluding hydrogens is 318 g/mol. The lowest BCUT2D eigenvalue weighted by molar-refractivity contribution is 0.0695. The van der Waals surface area contributed by atoms with E-state index in [-0.39, 0.29) is 5.76 Å². The predicted octanol–water partition coefficient (Wildman–Crippen LogP) is 4.46. The Balaban J connectivity index is 1.80. The van der Waals surface area contributed by atoms with Crippen LogP contribution < -0.4 is 9.47 Å². The second-order valence-corrected chi connectivity index (χ2v) is 5.12. The van der Waals surface area contributed by atoms with Crippen LogP contribution in [-0.4, -0.2) is 17.6 Å². The zero-order chi connectivity index (χ0) is 17.5. The molecule has 0 aliphatic carbocycles. The summed E-state index contributed by atoms with van der Waals surface area (Å²) in [6.45, 7) is 2.33. The number of nitrogens with zero attached hydrogens (tertiary/aromatic N) is 1. The molecule has 3 rings (SSSR count). The zero-order valence-electron chi connectivity index (χ0n) is 13.7. The van der Waals surface area contributed by atoms with Crippen LogP contribution in [-0.2, 0) is 0 Å². The molecular formula is C20H17NO4. The van der Waals surface area contributed by atoms with Gasteiger partial charge in [-0.1, -0.05) is 18.2 Å². The Morgan fingerprint density at radius 3 is 2.60 bits per heavy atom. The number of furan rings is 1. The fourth-order valence-electron chi connectivity index (χ4n) is 2.19. The molecule has 2 heterocycles. The van der Waals surface area contributed by atoms with Crippen molar-refractivity contribution >= 4 is 18.1 Å². The van der Waals surface area contributed by atoms with Crippen molar-refractivity contribution in [2.45, 2.75) is 6.92 Å². The number of carbonyl (C=O) groups is 1. The van der Waals surface area contributed by atoms with Crippen molar-refractivity contribution in [1.82, 2.24) is 4.98 Å². The minimum absolute atomic E-state index is 0.143. The van der Waals surface area contributed by atoms with Crippen molar-refractivity contribution in [3.63, 3.8) is 0 Å². The number of esters is 1. The maximum absolute atomic E-state index is 12.0. The number of benzene rings is 1. The van der Waals surface area contributed by atoms with Gasteiger partial charge < -0.3 is 13.9 Å². The quantitative estimate of drug-likeness (QED) is 0.491. The van der Waals surface area contributed by atoms with Gasteiger partial charge in [0.25, 0.3) is 0 Å². The molecule has 126 valence electrons. The first kappa shape index (κ1) is 16.5. The molecule has 0 atom stereocenters. The van der Waals surface area contributed by atoms with Gasteiger partial charge in [-0.2, -0.15) is 0 Å². The topological polar surface area (TPSA) is 61.6 Å². The van der Waals surface area contributed by atoms with Gasteiger partial charge in [0.05, 0.1) is 12.9 Å². The Labute approximate surface area is 145 Å². The highest BCUT2D eigenvalue weighted by atomic mass is 16.6. The van der Waals surface area contributed by atoms with E-state index in [1.807, 2.05) is 43.3 Å². The van der Waals surface area contributed by atoms with Gasteiger partial charge in [0, 0.05) is 12.4 Å². The first-order valence-electron chi connectivity index (χ1n) is 7.87. The lowest BCUT2D eigenvalue weighted by atomic mass is 10.1. The van der Waals surface area contributed by atoms with Crippen LogP contribution in [0.5, 0.6) is 11.5 Å². The van der Waals surface area contributed by atoms with Crippen molar-refractivity contribution in [1.29, 1.82) is 0 Å². The van der Waals surface area contributed by atoms with Gasteiger partial charge in [-0.05, 0) is 54.4 Å². The second kappa shape index (κ2) is 7.97. The summed E-state index contributed by atoms with van der Waals surface area (Å²) in [7, 11) is 0. The molecule has 0 fully saturated rings. The molecule has 5 nitrogen and oxygen atoms in total. The number of aromatic nitrogens is 1. The van der Waals surface area contributed by atoms with Gasteiger partial charge >= 0.3 is 5.97 Å². The molecule has 5 heteroatoms. The molecule has 1 aromatic carbocycles. The summed E-state index contributed by atoms with van der Waals surface area (Å²) in [5.41, 5.74) is 1.97. The standard InChI is InChI=1S/C20H17NO4/c1-2-23-19-14-16(6-5-15-9-11-21-12-10-15)7-8-17(19)25-20(22)18-4-3-13-24-18/h3-14H,2H2,1H3/b6-5+. The van der Waals surface area contributed by atoms with Crippen LogP contribution in [0.1, 0.15) is 28.6 Å². The Bertz CT molecular complexity index is 855. The van der Waals surface area contributed by atoms with Gasteiger partial charge in [0.2, 0.25) is 5.76 Å². The van der Waals surface area contributed by atoms with Crippen LogP contribution in [0.2, 0.25) is 0 Å². The third-order valence-corrected chi connectivity index (χ3v) is 3.37. The number of ether oxygens (including phenoxy) is 2. The number of carbonyl (C=O) groups excluding carboxylic acids is 1.